The molecule has 1 heterocycles. The Morgan fingerprint density at radius 2 is 1.39 bits per heavy atom. The Kier molecular flexibility index (Phi) is 7.60. The number of amides is 1. The Hall–Kier alpha value is -4.49. The Morgan fingerprint density at radius 3 is 1.97 bits per heavy atom. The quantitative estimate of drug-likeness (QED) is 0.321. The number of hydrogen-bond acceptors (Lipinski definition) is 8. The summed E-state index contributed by atoms with van der Waals surface area (Å²) in [6, 6.07) is 19.2. The van der Waals surface area contributed by atoms with Crippen LogP contribution in [0.4, 0.5) is 17.3 Å². The third-order valence-corrected chi connectivity index (χ3v) is 8.57. The molecular weight excluding hydrogens is 530 g/mol. The van der Waals surface area contributed by atoms with E-state index in [2.05, 4.69) is 20.0 Å². The van der Waals surface area contributed by atoms with Crippen LogP contribution in [0.5, 0.6) is 5.75 Å². The highest BCUT2D eigenvalue weighted by Gasteiger charge is 2.22. The number of hydrogen-bond donors (Lipinski definition) is 2. The third kappa shape index (κ3) is 5.90. The summed E-state index contributed by atoms with van der Waals surface area (Å²) >= 11 is 0. The molecule has 0 bridgehead atoms. The molecule has 0 atom stereocenters. The topological polar surface area (TPSA) is 148 Å². The number of carbonyl (C=O) groups is 1. The maximum absolute atomic E-state index is 12.9. The van der Waals surface area contributed by atoms with Gasteiger partial charge >= 0.3 is 0 Å². The number of carbonyl (C=O) groups excluding carboxylic acids is 1. The van der Waals surface area contributed by atoms with Crippen LogP contribution in [0, 0.1) is 0 Å². The molecule has 0 fully saturated rings. The highest BCUT2D eigenvalue weighted by molar-refractivity contribution is 7.93. The van der Waals surface area contributed by atoms with Crippen molar-refractivity contribution in [2.24, 2.45) is 0 Å². The summed E-state index contributed by atoms with van der Waals surface area (Å²) in [7, 11) is -4.81. The van der Waals surface area contributed by atoms with Crippen LogP contribution >= 0.6 is 0 Å². The van der Waals surface area contributed by atoms with Gasteiger partial charge in [0.1, 0.15) is 5.75 Å². The van der Waals surface area contributed by atoms with Gasteiger partial charge in [-0.3, -0.25) is 9.10 Å². The van der Waals surface area contributed by atoms with E-state index >= 15 is 0 Å². The summed E-state index contributed by atoms with van der Waals surface area (Å²) in [5.41, 5.74) is 1.01. The summed E-state index contributed by atoms with van der Waals surface area (Å²) in [6.07, 6.45) is 2.82. The lowest BCUT2D eigenvalue weighted by atomic mass is 10.2. The fraction of sp³-hybridized carbons (Fsp3) is 0.0800. The van der Waals surface area contributed by atoms with Gasteiger partial charge in [-0.1, -0.05) is 0 Å². The third-order valence-electron chi connectivity index (χ3n) is 5.42. The molecule has 0 radical (unpaired) electrons. The van der Waals surface area contributed by atoms with Crippen LogP contribution in [-0.4, -0.2) is 46.9 Å². The smallest absolute Gasteiger partial charge is 0.264 e. The van der Waals surface area contributed by atoms with Crippen molar-refractivity contribution in [2.75, 3.05) is 28.5 Å². The SMILES string of the molecule is COc1ccc(S(=O)(=O)N(C)c2ccc(C(=O)Nc3ccc(S(=O)(=O)Nc4ncccn4)cc3)cc2)cc1. The number of sulfonamides is 2. The molecule has 4 aromatic rings. The molecule has 2 N–H and O–H groups in total. The average Bonchev–Trinajstić information content (AvgIpc) is 2.93. The van der Waals surface area contributed by atoms with Gasteiger partial charge in [0.15, 0.2) is 0 Å². The van der Waals surface area contributed by atoms with Crippen LogP contribution in [0.3, 0.4) is 0 Å². The first kappa shape index (κ1) is 26.6. The van der Waals surface area contributed by atoms with E-state index in [0.717, 1.165) is 4.31 Å². The van der Waals surface area contributed by atoms with Crippen molar-refractivity contribution in [3.63, 3.8) is 0 Å². The van der Waals surface area contributed by atoms with E-state index in [4.69, 9.17) is 4.74 Å². The fourth-order valence-electron chi connectivity index (χ4n) is 3.32. The average molecular weight is 554 g/mol. The van der Waals surface area contributed by atoms with E-state index in [1.54, 1.807) is 18.2 Å². The van der Waals surface area contributed by atoms with E-state index in [1.807, 2.05) is 0 Å². The number of ether oxygens (including phenoxy) is 1. The van der Waals surface area contributed by atoms with E-state index in [1.165, 1.54) is 87.2 Å². The van der Waals surface area contributed by atoms with Gasteiger partial charge in [0.25, 0.3) is 26.0 Å². The monoisotopic (exact) mass is 553 g/mol. The van der Waals surface area contributed by atoms with Crippen molar-refractivity contribution in [3.8, 4) is 5.75 Å². The first-order valence-corrected chi connectivity index (χ1v) is 14.0. The Balaban J connectivity index is 1.42. The molecule has 1 amide bonds. The lowest BCUT2D eigenvalue weighted by Gasteiger charge is -2.20. The molecule has 0 saturated heterocycles. The summed E-state index contributed by atoms with van der Waals surface area (Å²) in [6.45, 7) is 0. The molecule has 4 rings (SSSR count). The summed E-state index contributed by atoms with van der Waals surface area (Å²) < 4.78 is 59.3. The van der Waals surface area contributed by atoms with Gasteiger partial charge in [-0.2, -0.15) is 0 Å². The zero-order chi connectivity index (χ0) is 27.3. The molecular formula is C25H23N5O6S2. The minimum atomic E-state index is -3.91. The Morgan fingerprint density at radius 1 is 0.816 bits per heavy atom. The molecule has 11 nitrogen and oxygen atoms in total. The van der Waals surface area contributed by atoms with Crippen molar-refractivity contribution in [1.82, 2.24) is 9.97 Å². The summed E-state index contributed by atoms with van der Waals surface area (Å²) in [4.78, 5) is 20.4. The minimum absolute atomic E-state index is 0.0339. The largest absolute Gasteiger partial charge is 0.497 e. The molecule has 13 heteroatoms. The Bertz CT molecular complexity index is 1630. The van der Waals surface area contributed by atoms with Crippen LogP contribution in [-0.2, 0) is 20.0 Å². The first-order valence-electron chi connectivity index (χ1n) is 11.0. The van der Waals surface area contributed by atoms with Gasteiger partial charge in [-0.25, -0.2) is 31.5 Å². The van der Waals surface area contributed by atoms with Crippen molar-refractivity contribution in [1.29, 1.82) is 0 Å². The highest BCUT2D eigenvalue weighted by Crippen LogP contribution is 2.24. The second-order valence-corrected chi connectivity index (χ2v) is 11.5. The van der Waals surface area contributed by atoms with Gasteiger partial charge in [0.05, 0.1) is 22.6 Å². The molecule has 0 spiro atoms. The van der Waals surface area contributed by atoms with Crippen LogP contribution in [0.15, 0.2) is 101 Å². The Labute approximate surface area is 220 Å². The number of methoxy groups -OCH3 is 1. The molecule has 0 aliphatic carbocycles. The molecule has 1 aromatic heterocycles. The molecule has 3 aromatic carbocycles. The standard InChI is InChI=1S/C25H23N5O6S2/c1-30(38(34,35)23-14-10-21(36-2)11-15-23)20-8-4-18(5-9-20)24(31)28-19-6-12-22(13-7-19)37(32,33)29-25-26-16-3-17-27-25/h3-17H,1-2H3,(H,28,31)(H,26,27,29). The van der Waals surface area contributed by atoms with Crippen LogP contribution in [0.25, 0.3) is 0 Å². The maximum Gasteiger partial charge on any atom is 0.264 e. The van der Waals surface area contributed by atoms with Gasteiger partial charge in [-0.15, -0.1) is 0 Å². The lowest BCUT2D eigenvalue weighted by Crippen LogP contribution is -2.26. The summed E-state index contributed by atoms with van der Waals surface area (Å²) in [5, 5.41) is 2.68. The number of rotatable bonds is 9. The van der Waals surface area contributed by atoms with Gasteiger partial charge < -0.3 is 10.1 Å². The first-order chi connectivity index (χ1) is 18.1. The summed E-state index contributed by atoms with van der Waals surface area (Å²) in [5.74, 6) is 0.0242. The van der Waals surface area contributed by atoms with Crippen LogP contribution in [0.1, 0.15) is 10.4 Å². The normalized spacial score (nSPS) is 11.4. The van der Waals surface area contributed by atoms with E-state index in [9.17, 15) is 21.6 Å². The number of aromatic nitrogens is 2. The highest BCUT2D eigenvalue weighted by atomic mass is 32.2. The van der Waals surface area contributed by atoms with E-state index in [0.29, 0.717) is 17.1 Å². The van der Waals surface area contributed by atoms with E-state index < -0.39 is 26.0 Å². The van der Waals surface area contributed by atoms with Crippen molar-refractivity contribution < 1.29 is 26.4 Å². The molecule has 0 aliphatic heterocycles. The lowest BCUT2D eigenvalue weighted by molar-refractivity contribution is 0.102. The van der Waals surface area contributed by atoms with Crippen molar-refractivity contribution in [3.05, 3.63) is 96.8 Å². The zero-order valence-corrected chi connectivity index (χ0v) is 21.9. The van der Waals surface area contributed by atoms with Crippen LogP contribution < -0.4 is 19.1 Å². The van der Waals surface area contributed by atoms with E-state index in [-0.39, 0.29) is 21.3 Å². The van der Waals surface area contributed by atoms with Crippen LogP contribution in [0.2, 0.25) is 0 Å². The molecule has 38 heavy (non-hydrogen) atoms. The second kappa shape index (κ2) is 10.9. The van der Waals surface area contributed by atoms with Gasteiger partial charge in [-0.05, 0) is 78.9 Å². The predicted octanol–water partition coefficient (Wildman–Crippen LogP) is 3.36. The molecule has 0 saturated carbocycles. The predicted molar refractivity (Wildman–Crippen MR) is 142 cm³/mol. The molecule has 0 unspecified atom stereocenters. The zero-order valence-electron chi connectivity index (χ0n) is 20.3. The van der Waals surface area contributed by atoms with Crippen molar-refractivity contribution >= 4 is 43.3 Å². The van der Waals surface area contributed by atoms with Crippen molar-refractivity contribution in [2.45, 2.75) is 9.79 Å². The number of benzene rings is 3. The fourth-order valence-corrected chi connectivity index (χ4v) is 5.47. The maximum atomic E-state index is 12.9. The number of nitrogens with one attached hydrogen (secondary N) is 2. The van der Waals surface area contributed by atoms with Gasteiger partial charge in [0.2, 0.25) is 5.95 Å². The molecule has 0 aliphatic rings. The number of nitrogens with zero attached hydrogens (tertiary/aromatic N) is 3. The van der Waals surface area contributed by atoms with Gasteiger partial charge in [0, 0.05) is 30.7 Å². The molecule has 196 valence electrons. The number of anilines is 3. The minimum Gasteiger partial charge on any atom is -0.497 e. The second-order valence-electron chi connectivity index (χ2n) is 7.85.